The summed E-state index contributed by atoms with van der Waals surface area (Å²) in [5.41, 5.74) is 5.19. The van der Waals surface area contributed by atoms with Crippen LogP contribution >= 0.6 is 22.6 Å². The second kappa shape index (κ2) is 9.80. The van der Waals surface area contributed by atoms with Crippen LogP contribution in [-0.4, -0.2) is 44.3 Å². The maximum atomic E-state index is 12.7. The smallest absolute Gasteiger partial charge is 0.171 e. The average Bonchev–Trinajstić information content (AvgIpc) is 3.33. The number of hydrogen-bond acceptors (Lipinski definition) is 5. The number of hydrogen-bond donors (Lipinski definition) is 1. The van der Waals surface area contributed by atoms with Gasteiger partial charge in [0.15, 0.2) is 21.3 Å². The van der Waals surface area contributed by atoms with Crippen LogP contribution in [0.2, 0.25) is 0 Å². The fraction of sp³-hybridized carbons (Fsp3) is 0.385. The van der Waals surface area contributed by atoms with E-state index in [1.807, 2.05) is 30.3 Å². The van der Waals surface area contributed by atoms with E-state index in [-0.39, 0.29) is 30.1 Å². The molecular formula is C26H29IO5S. The molecule has 1 N–H and O–H groups in total. The Bertz CT molecular complexity index is 1200. The van der Waals surface area contributed by atoms with Crippen LogP contribution in [0.15, 0.2) is 53.6 Å². The third kappa shape index (κ3) is 5.00. The zero-order valence-electron chi connectivity index (χ0n) is 19.0. The van der Waals surface area contributed by atoms with Gasteiger partial charge in [-0.15, -0.1) is 0 Å². The molecule has 0 unspecified atom stereocenters. The number of methoxy groups -OCH3 is 1. The first kappa shape index (κ1) is 24.3. The highest BCUT2D eigenvalue weighted by Crippen LogP contribution is 2.41. The Morgan fingerprint density at radius 1 is 1.27 bits per heavy atom. The number of halogens is 1. The van der Waals surface area contributed by atoms with Crippen LogP contribution in [0.1, 0.15) is 37.8 Å². The van der Waals surface area contributed by atoms with Crippen molar-refractivity contribution in [1.82, 2.24) is 0 Å². The van der Waals surface area contributed by atoms with Crippen molar-refractivity contribution in [3.63, 3.8) is 0 Å². The summed E-state index contributed by atoms with van der Waals surface area (Å²) >= 11 is 2.10. The van der Waals surface area contributed by atoms with Gasteiger partial charge in [-0.05, 0) is 81.3 Å². The number of sulfone groups is 1. The standard InChI is InChI=1S/C26H29IO5S/c1-16(2)20-15-33(29,30)24-14-32-22(25(20)24)10-9-19(18-7-5-4-6-8-18)11-17-12-21(27)26(28)23(13-17)31-3/h4-8,11-13,16,22,24,28H,9-10,14-15H2,1-3H3/b19-11-/t22-,24+/m1/s1. The molecule has 2 atom stereocenters. The quantitative estimate of drug-likeness (QED) is 0.267. The topological polar surface area (TPSA) is 72.8 Å². The second-order valence-electron chi connectivity index (χ2n) is 8.88. The van der Waals surface area contributed by atoms with Gasteiger partial charge < -0.3 is 14.6 Å². The molecule has 0 amide bonds. The Balaban J connectivity index is 1.65. The van der Waals surface area contributed by atoms with E-state index in [0.29, 0.717) is 12.2 Å². The van der Waals surface area contributed by atoms with E-state index in [2.05, 4.69) is 54.6 Å². The molecule has 0 bridgehead atoms. The van der Waals surface area contributed by atoms with Crippen LogP contribution in [0.5, 0.6) is 11.5 Å². The molecule has 2 aromatic rings. The van der Waals surface area contributed by atoms with Gasteiger partial charge in [0.2, 0.25) is 0 Å². The summed E-state index contributed by atoms with van der Waals surface area (Å²) in [5, 5.41) is 9.72. The van der Waals surface area contributed by atoms with Crippen molar-refractivity contribution >= 4 is 44.1 Å². The number of aromatic hydroxyl groups is 1. The Hall–Kier alpha value is -1.84. The lowest BCUT2D eigenvalue weighted by Gasteiger charge is -2.17. The fourth-order valence-corrected chi connectivity index (χ4v) is 7.45. The van der Waals surface area contributed by atoms with Gasteiger partial charge in [-0.25, -0.2) is 8.42 Å². The average molecular weight is 580 g/mol. The largest absolute Gasteiger partial charge is 0.504 e. The van der Waals surface area contributed by atoms with E-state index in [1.54, 1.807) is 7.11 Å². The van der Waals surface area contributed by atoms with Crippen LogP contribution in [0.25, 0.3) is 11.6 Å². The molecular weight excluding hydrogens is 551 g/mol. The number of ether oxygens (including phenoxy) is 2. The number of phenols is 1. The molecule has 0 radical (unpaired) electrons. The second-order valence-corrected chi connectivity index (χ2v) is 12.2. The summed E-state index contributed by atoms with van der Waals surface area (Å²) in [7, 11) is -1.62. The molecule has 2 heterocycles. The van der Waals surface area contributed by atoms with Gasteiger partial charge in [-0.3, -0.25) is 0 Å². The molecule has 4 rings (SSSR count). The number of benzene rings is 2. The highest BCUT2D eigenvalue weighted by molar-refractivity contribution is 14.1. The lowest BCUT2D eigenvalue weighted by Crippen LogP contribution is -2.19. The van der Waals surface area contributed by atoms with E-state index in [1.165, 1.54) is 0 Å². The molecule has 7 heteroatoms. The van der Waals surface area contributed by atoms with Gasteiger partial charge in [0, 0.05) is 0 Å². The summed E-state index contributed by atoms with van der Waals surface area (Å²) in [4.78, 5) is 0. The van der Waals surface area contributed by atoms with E-state index >= 15 is 0 Å². The fourth-order valence-electron chi connectivity index (χ4n) is 4.71. The van der Waals surface area contributed by atoms with Crippen molar-refractivity contribution in [3.05, 3.63) is 68.3 Å². The van der Waals surface area contributed by atoms with Gasteiger partial charge in [-0.1, -0.05) is 50.3 Å². The van der Waals surface area contributed by atoms with Gasteiger partial charge in [-0.2, -0.15) is 0 Å². The van der Waals surface area contributed by atoms with Gasteiger partial charge in [0.05, 0.1) is 29.1 Å². The maximum absolute atomic E-state index is 12.7. The zero-order valence-corrected chi connectivity index (χ0v) is 22.0. The monoisotopic (exact) mass is 580 g/mol. The van der Waals surface area contributed by atoms with E-state index in [9.17, 15) is 13.5 Å². The minimum absolute atomic E-state index is 0.137. The molecule has 0 spiro atoms. The minimum Gasteiger partial charge on any atom is -0.504 e. The molecule has 1 saturated heterocycles. The molecule has 33 heavy (non-hydrogen) atoms. The molecule has 176 valence electrons. The number of fused-ring (bicyclic) bond motifs is 1. The summed E-state index contributed by atoms with van der Waals surface area (Å²) in [6.07, 6.45) is 3.38. The van der Waals surface area contributed by atoms with Crippen LogP contribution in [0, 0.1) is 9.49 Å². The van der Waals surface area contributed by atoms with Crippen LogP contribution in [0.4, 0.5) is 0 Å². The lowest BCUT2D eigenvalue weighted by molar-refractivity contribution is 0.118. The number of allylic oxidation sites excluding steroid dienone is 1. The summed E-state index contributed by atoms with van der Waals surface area (Å²) < 4.78 is 37.4. The van der Waals surface area contributed by atoms with Gasteiger partial charge in [0.25, 0.3) is 0 Å². The third-order valence-corrected chi connectivity index (χ3v) is 9.23. The van der Waals surface area contributed by atoms with E-state index in [4.69, 9.17) is 9.47 Å². The van der Waals surface area contributed by atoms with E-state index < -0.39 is 15.1 Å². The first-order chi connectivity index (χ1) is 15.7. The predicted molar refractivity (Wildman–Crippen MR) is 140 cm³/mol. The molecule has 2 aliphatic heterocycles. The zero-order chi connectivity index (χ0) is 23.8. The summed E-state index contributed by atoms with van der Waals surface area (Å²) in [6.45, 7) is 4.38. The van der Waals surface area contributed by atoms with Crippen molar-refractivity contribution in [2.45, 2.75) is 38.0 Å². The Morgan fingerprint density at radius 2 is 2.00 bits per heavy atom. The Kier molecular flexibility index (Phi) is 7.21. The molecule has 2 aromatic carbocycles. The first-order valence-corrected chi connectivity index (χ1v) is 13.9. The highest BCUT2D eigenvalue weighted by atomic mass is 127. The molecule has 0 aromatic heterocycles. The van der Waals surface area contributed by atoms with Crippen molar-refractivity contribution in [3.8, 4) is 11.5 Å². The third-order valence-electron chi connectivity index (χ3n) is 6.43. The Morgan fingerprint density at radius 3 is 2.67 bits per heavy atom. The predicted octanol–water partition coefficient (Wildman–Crippen LogP) is 5.47. The molecule has 2 aliphatic rings. The van der Waals surface area contributed by atoms with Crippen molar-refractivity contribution in [2.75, 3.05) is 19.5 Å². The molecule has 1 fully saturated rings. The number of phenolic OH excluding ortho intramolecular Hbond substituents is 1. The lowest BCUT2D eigenvalue weighted by atomic mass is 9.90. The van der Waals surface area contributed by atoms with Gasteiger partial charge >= 0.3 is 0 Å². The summed E-state index contributed by atoms with van der Waals surface area (Å²) in [6, 6.07) is 13.9. The molecule has 0 aliphatic carbocycles. The summed E-state index contributed by atoms with van der Waals surface area (Å²) in [5.74, 6) is 0.931. The Labute approximate surface area is 209 Å². The van der Waals surface area contributed by atoms with Crippen molar-refractivity contribution < 1.29 is 23.0 Å². The molecule has 5 nitrogen and oxygen atoms in total. The molecule has 0 saturated carbocycles. The van der Waals surface area contributed by atoms with Crippen LogP contribution < -0.4 is 4.74 Å². The van der Waals surface area contributed by atoms with Crippen LogP contribution in [-0.2, 0) is 14.6 Å². The highest BCUT2D eigenvalue weighted by Gasteiger charge is 2.47. The SMILES string of the molecule is COc1cc(/C=C(/CC[C@H]2OC[C@H]3C2=C(C(C)C)CS3(=O)=O)c2ccccc2)cc(I)c1O. The maximum Gasteiger partial charge on any atom is 0.171 e. The van der Waals surface area contributed by atoms with Crippen molar-refractivity contribution in [2.24, 2.45) is 5.92 Å². The number of rotatable bonds is 7. The minimum atomic E-state index is -3.16. The first-order valence-electron chi connectivity index (χ1n) is 11.1. The van der Waals surface area contributed by atoms with Gasteiger partial charge in [0.1, 0.15) is 5.25 Å². The van der Waals surface area contributed by atoms with Crippen molar-refractivity contribution in [1.29, 1.82) is 0 Å². The van der Waals surface area contributed by atoms with E-state index in [0.717, 1.165) is 37.8 Å². The van der Waals surface area contributed by atoms with Crippen LogP contribution in [0.3, 0.4) is 0 Å². The normalized spacial score (nSPS) is 22.2.